The fraction of sp³-hybridized carbons (Fsp3) is 0.148. The number of nitrogens with one attached hydrogen (secondary N) is 1. The molecule has 0 saturated carbocycles. The number of anilines is 1. The molecule has 9 nitrogen and oxygen atoms in total. The minimum absolute atomic E-state index is 0.0467. The molecule has 3 amide bonds. The van der Waals surface area contributed by atoms with Crippen molar-refractivity contribution >= 4 is 84.9 Å². The van der Waals surface area contributed by atoms with Crippen molar-refractivity contribution in [3.63, 3.8) is 0 Å². The molecule has 4 rings (SSSR count). The monoisotopic (exact) mass is 730 g/mol. The summed E-state index contributed by atoms with van der Waals surface area (Å²) in [4.78, 5) is 37.9. The van der Waals surface area contributed by atoms with Crippen molar-refractivity contribution in [2.45, 2.75) is 25.3 Å². The van der Waals surface area contributed by atoms with E-state index in [9.17, 15) is 27.2 Å². The first-order chi connectivity index (χ1) is 19.4. The van der Waals surface area contributed by atoms with Crippen LogP contribution in [0.2, 0.25) is 5.02 Å². The van der Waals surface area contributed by atoms with Crippen LogP contribution < -0.4 is 14.2 Å². The Balaban J connectivity index is 1.59. The van der Waals surface area contributed by atoms with E-state index in [2.05, 4.69) is 5.32 Å². The summed E-state index contributed by atoms with van der Waals surface area (Å²) in [6, 6.07) is 12.3. The summed E-state index contributed by atoms with van der Waals surface area (Å²) in [5.41, 5.74) is 1.31. The molecule has 0 spiro atoms. The molecule has 0 unspecified atom stereocenters. The fourth-order valence-corrected chi connectivity index (χ4v) is 6.60. The second kappa shape index (κ2) is 12.8. The molecule has 3 aromatic carbocycles. The van der Waals surface area contributed by atoms with Gasteiger partial charge in [0.2, 0.25) is 5.91 Å². The SMILES string of the molecule is CCOc1cc(/C=C2\SC(=O)N(Cc3ccc(F)cc3Cl)C2=O)cc(I)c1OS(=O)(=O)c1ccc(NC(C)=O)cc1. The summed E-state index contributed by atoms with van der Waals surface area (Å²) in [5.74, 6) is -1.32. The van der Waals surface area contributed by atoms with Gasteiger partial charge >= 0.3 is 10.1 Å². The quantitative estimate of drug-likeness (QED) is 0.152. The summed E-state index contributed by atoms with van der Waals surface area (Å²) in [6.45, 7) is 3.11. The van der Waals surface area contributed by atoms with Crippen molar-refractivity contribution in [3.05, 3.63) is 85.0 Å². The third kappa shape index (κ3) is 7.39. The molecule has 1 N–H and O–H groups in total. The van der Waals surface area contributed by atoms with Crippen molar-refractivity contribution in [1.82, 2.24) is 4.90 Å². The summed E-state index contributed by atoms with van der Waals surface area (Å²) >= 11 is 8.68. The molecule has 1 saturated heterocycles. The Bertz CT molecular complexity index is 1680. The number of halogens is 3. The Labute approximate surface area is 258 Å². The number of carbonyl (C=O) groups is 3. The zero-order chi connectivity index (χ0) is 29.9. The predicted octanol–water partition coefficient (Wildman–Crippen LogP) is 6.45. The molecule has 1 aliphatic heterocycles. The van der Waals surface area contributed by atoms with Crippen molar-refractivity contribution in [3.8, 4) is 11.5 Å². The molecule has 0 aliphatic carbocycles. The van der Waals surface area contributed by atoms with E-state index in [1.807, 2.05) is 22.6 Å². The average molecular weight is 731 g/mol. The number of rotatable bonds is 9. The Morgan fingerprint density at radius 2 is 1.85 bits per heavy atom. The predicted molar refractivity (Wildman–Crippen MR) is 162 cm³/mol. The van der Waals surface area contributed by atoms with E-state index in [0.29, 0.717) is 20.4 Å². The van der Waals surface area contributed by atoms with Gasteiger partial charge in [0.15, 0.2) is 11.5 Å². The molecule has 41 heavy (non-hydrogen) atoms. The second-order valence-corrected chi connectivity index (χ2v) is 12.6. The molecule has 14 heteroatoms. The molecule has 214 valence electrons. The van der Waals surface area contributed by atoms with Crippen molar-refractivity contribution in [1.29, 1.82) is 0 Å². The lowest BCUT2D eigenvalue weighted by molar-refractivity contribution is -0.123. The van der Waals surface area contributed by atoms with Gasteiger partial charge < -0.3 is 14.2 Å². The molecule has 1 aliphatic rings. The highest BCUT2D eigenvalue weighted by molar-refractivity contribution is 14.1. The van der Waals surface area contributed by atoms with E-state index in [1.165, 1.54) is 55.5 Å². The number of hydrogen-bond donors (Lipinski definition) is 1. The fourth-order valence-electron chi connectivity index (χ4n) is 3.69. The Kier molecular flexibility index (Phi) is 9.62. The van der Waals surface area contributed by atoms with Crippen LogP contribution >= 0.6 is 46.0 Å². The topological polar surface area (TPSA) is 119 Å². The summed E-state index contributed by atoms with van der Waals surface area (Å²) in [6.07, 6.45) is 1.49. The molecular formula is C27H21ClFIN2O7S2. The van der Waals surface area contributed by atoms with Crippen molar-refractivity contribution in [2.75, 3.05) is 11.9 Å². The molecule has 1 heterocycles. The molecule has 0 bridgehead atoms. The first-order valence-electron chi connectivity index (χ1n) is 11.9. The highest BCUT2D eigenvalue weighted by Crippen LogP contribution is 2.39. The maximum Gasteiger partial charge on any atom is 0.339 e. The van der Waals surface area contributed by atoms with Gasteiger partial charge in [0.05, 0.1) is 21.6 Å². The van der Waals surface area contributed by atoms with Gasteiger partial charge in [-0.05, 0) is 107 Å². The molecule has 0 atom stereocenters. The highest BCUT2D eigenvalue weighted by atomic mass is 127. The van der Waals surface area contributed by atoms with Crippen LogP contribution in [-0.4, -0.2) is 37.0 Å². The van der Waals surface area contributed by atoms with E-state index >= 15 is 0 Å². The van der Waals surface area contributed by atoms with Crippen LogP contribution in [0.4, 0.5) is 14.9 Å². The lowest BCUT2D eigenvalue weighted by atomic mass is 10.1. The van der Waals surface area contributed by atoms with Crippen molar-refractivity contribution < 1.29 is 36.1 Å². The van der Waals surface area contributed by atoms with Crippen LogP contribution in [0.25, 0.3) is 6.08 Å². The smallest absolute Gasteiger partial charge is 0.339 e. The van der Waals surface area contributed by atoms with Crippen LogP contribution in [0, 0.1) is 9.39 Å². The number of ether oxygens (including phenoxy) is 1. The number of imide groups is 1. The molecule has 3 aromatic rings. The van der Waals surface area contributed by atoms with Gasteiger partial charge in [-0.25, -0.2) is 4.39 Å². The lowest BCUT2D eigenvalue weighted by Gasteiger charge is -2.15. The molecule has 1 fully saturated rings. The molecular weight excluding hydrogens is 710 g/mol. The molecule has 0 radical (unpaired) electrons. The number of carbonyl (C=O) groups excluding carboxylic acids is 3. The van der Waals surface area contributed by atoms with Gasteiger partial charge in [-0.15, -0.1) is 0 Å². The van der Waals surface area contributed by atoms with Gasteiger partial charge in [0.25, 0.3) is 11.1 Å². The van der Waals surface area contributed by atoms with Crippen LogP contribution in [0.3, 0.4) is 0 Å². The van der Waals surface area contributed by atoms with Gasteiger partial charge in [0.1, 0.15) is 10.7 Å². The van der Waals surface area contributed by atoms with E-state index in [1.54, 1.807) is 13.0 Å². The average Bonchev–Trinajstić information content (AvgIpc) is 3.15. The van der Waals surface area contributed by atoms with E-state index in [4.69, 9.17) is 20.5 Å². The van der Waals surface area contributed by atoms with E-state index in [-0.39, 0.29) is 45.4 Å². The third-order valence-corrected chi connectivity index (χ3v) is 8.80. The van der Waals surface area contributed by atoms with Crippen molar-refractivity contribution in [2.24, 2.45) is 0 Å². The highest BCUT2D eigenvalue weighted by Gasteiger charge is 2.35. The zero-order valence-electron chi connectivity index (χ0n) is 21.4. The summed E-state index contributed by atoms with van der Waals surface area (Å²) in [7, 11) is -4.27. The van der Waals surface area contributed by atoms with Gasteiger partial charge in [-0.1, -0.05) is 17.7 Å². The third-order valence-electron chi connectivity index (χ3n) is 5.50. The van der Waals surface area contributed by atoms with Gasteiger partial charge in [0, 0.05) is 17.6 Å². The van der Waals surface area contributed by atoms with Crippen LogP contribution in [0.15, 0.2) is 64.4 Å². The van der Waals surface area contributed by atoms with Gasteiger partial charge in [-0.3, -0.25) is 19.3 Å². The van der Waals surface area contributed by atoms with E-state index in [0.717, 1.165) is 22.7 Å². The maximum absolute atomic E-state index is 13.4. The van der Waals surface area contributed by atoms with E-state index < -0.39 is 27.1 Å². The number of thioether (sulfide) groups is 1. The largest absolute Gasteiger partial charge is 0.490 e. The maximum atomic E-state index is 13.4. The number of nitrogens with zero attached hydrogens (tertiary/aromatic N) is 1. The Morgan fingerprint density at radius 1 is 1.15 bits per heavy atom. The van der Waals surface area contributed by atoms with Crippen LogP contribution in [0.1, 0.15) is 25.0 Å². The zero-order valence-corrected chi connectivity index (χ0v) is 26.0. The summed E-state index contributed by atoms with van der Waals surface area (Å²) < 4.78 is 50.9. The normalized spacial score (nSPS) is 14.5. The number of hydrogen-bond acceptors (Lipinski definition) is 8. The lowest BCUT2D eigenvalue weighted by Crippen LogP contribution is -2.27. The number of amides is 3. The summed E-state index contributed by atoms with van der Waals surface area (Å²) in [5, 5.41) is 2.14. The first-order valence-corrected chi connectivity index (χ1v) is 15.5. The first kappa shape index (κ1) is 30.8. The minimum Gasteiger partial charge on any atom is -0.490 e. The number of benzene rings is 3. The Hall–Kier alpha value is -3.14. The van der Waals surface area contributed by atoms with Gasteiger partial charge in [-0.2, -0.15) is 8.42 Å². The van der Waals surface area contributed by atoms with Crippen LogP contribution in [0.5, 0.6) is 11.5 Å². The second-order valence-electron chi connectivity index (χ2n) is 8.51. The Morgan fingerprint density at radius 3 is 2.49 bits per heavy atom. The van der Waals surface area contributed by atoms with Crippen LogP contribution in [-0.2, 0) is 26.3 Å². The molecule has 0 aromatic heterocycles. The minimum atomic E-state index is -4.27. The standard InChI is InChI=1S/C27H21ClFIN2O7S2/c1-3-38-23-11-16(12-24-26(34)32(27(35)40-24)14-17-4-5-18(29)13-21(17)28)10-22(30)25(23)39-41(36,37)20-8-6-19(7-9-20)31-15(2)33/h4-13H,3,14H2,1-2H3,(H,31,33)/b24-12-.